The zero-order valence-corrected chi connectivity index (χ0v) is 19.4. The number of ketones is 1. The summed E-state index contributed by atoms with van der Waals surface area (Å²) in [5.41, 5.74) is -1.86. The molecule has 0 aliphatic heterocycles. The van der Waals surface area contributed by atoms with E-state index in [0.29, 0.717) is 6.42 Å². The van der Waals surface area contributed by atoms with Crippen molar-refractivity contribution in [3.63, 3.8) is 0 Å². The minimum atomic E-state index is -1.71. The van der Waals surface area contributed by atoms with E-state index in [1.807, 2.05) is 36.5 Å². The predicted molar refractivity (Wildman–Crippen MR) is 122 cm³/mol. The van der Waals surface area contributed by atoms with Gasteiger partial charge in [0.1, 0.15) is 0 Å². The molecule has 3 fully saturated rings. The predicted octanol–water partition coefficient (Wildman–Crippen LogP) is 5.73. The van der Waals surface area contributed by atoms with Gasteiger partial charge < -0.3 is 5.11 Å². The van der Waals surface area contributed by atoms with Gasteiger partial charge in [0.15, 0.2) is 11.5 Å². The Balaban J connectivity index is 1.77. The molecule has 0 heterocycles. The molecule has 0 radical (unpaired) electrons. The smallest absolute Gasteiger partial charge is 0.178 e. The summed E-state index contributed by atoms with van der Waals surface area (Å²) >= 11 is 3.93. The first-order valence-electron chi connectivity index (χ1n) is 10.9. The number of fused-ring (bicyclic) bond motifs is 5. The van der Waals surface area contributed by atoms with Crippen LogP contribution in [0.2, 0.25) is 0 Å². The molecule has 0 bridgehead atoms. The van der Waals surface area contributed by atoms with E-state index in [0.717, 1.165) is 42.8 Å². The zero-order valence-electron chi connectivity index (χ0n) is 17.7. The maximum atomic E-state index is 17.1. The highest BCUT2D eigenvalue weighted by Crippen LogP contribution is 2.73. The van der Waals surface area contributed by atoms with Gasteiger partial charge in [0.25, 0.3) is 0 Å². The summed E-state index contributed by atoms with van der Waals surface area (Å²) in [6.45, 7) is 10.3. The van der Waals surface area contributed by atoms with Gasteiger partial charge in [-0.2, -0.15) is 0 Å². The van der Waals surface area contributed by atoms with Crippen LogP contribution in [0.15, 0.2) is 36.5 Å². The molecule has 3 saturated carbocycles. The normalized spacial score (nSPS) is 48.5. The number of carbonyl (C=O) groups is 1. The Morgan fingerprint density at radius 1 is 1.31 bits per heavy atom. The molecular formula is C24H33FO2S2. The highest BCUT2D eigenvalue weighted by atomic mass is 32.2. The molecule has 4 aliphatic rings. The Hall–Kier alpha value is -0.520. The van der Waals surface area contributed by atoms with Gasteiger partial charge in [0.2, 0.25) is 0 Å². The Morgan fingerprint density at radius 2 is 2.07 bits per heavy atom. The Bertz CT molecular complexity index is 779. The first kappa shape index (κ1) is 21.7. The van der Waals surface area contributed by atoms with E-state index >= 15 is 4.39 Å². The quantitative estimate of drug-likeness (QED) is 0.441. The highest BCUT2D eigenvalue weighted by Gasteiger charge is 2.73. The van der Waals surface area contributed by atoms with Crippen LogP contribution in [0.3, 0.4) is 0 Å². The molecule has 0 aromatic heterocycles. The van der Waals surface area contributed by atoms with Crippen molar-refractivity contribution in [2.75, 3.05) is 11.5 Å². The van der Waals surface area contributed by atoms with E-state index in [2.05, 4.69) is 20.4 Å². The van der Waals surface area contributed by atoms with Crippen LogP contribution in [0.5, 0.6) is 0 Å². The average molecular weight is 437 g/mol. The summed E-state index contributed by atoms with van der Waals surface area (Å²) in [5, 5.41) is 11.4. The Kier molecular flexibility index (Phi) is 5.44. The fraction of sp³-hybridized carbons (Fsp3) is 0.708. The third-order valence-corrected chi connectivity index (χ3v) is 12.2. The fourth-order valence-corrected chi connectivity index (χ4v) is 10.5. The van der Waals surface area contributed by atoms with Gasteiger partial charge in [-0.15, -0.1) is 30.1 Å². The van der Waals surface area contributed by atoms with Gasteiger partial charge in [-0.05, 0) is 68.3 Å². The lowest BCUT2D eigenvalue weighted by molar-refractivity contribution is -0.189. The van der Waals surface area contributed by atoms with Crippen molar-refractivity contribution < 1.29 is 14.3 Å². The van der Waals surface area contributed by atoms with Crippen molar-refractivity contribution in [1.82, 2.24) is 0 Å². The first-order valence-corrected chi connectivity index (χ1v) is 12.9. The van der Waals surface area contributed by atoms with Gasteiger partial charge in [-0.1, -0.05) is 31.6 Å². The number of allylic oxidation sites excluding steroid dienone is 4. The molecule has 29 heavy (non-hydrogen) atoms. The number of rotatable bonds is 5. The molecule has 0 amide bonds. The molecule has 2 nitrogen and oxygen atoms in total. The van der Waals surface area contributed by atoms with Crippen LogP contribution < -0.4 is 0 Å². The maximum absolute atomic E-state index is 17.1. The van der Waals surface area contributed by atoms with E-state index in [1.54, 1.807) is 12.2 Å². The zero-order chi connectivity index (χ0) is 21.1. The summed E-state index contributed by atoms with van der Waals surface area (Å²) in [4.78, 5) is 11.9. The summed E-state index contributed by atoms with van der Waals surface area (Å²) in [6, 6.07) is 0. The molecule has 160 valence electrons. The van der Waals surface area contributed by atoms with Gasteiger partial charge in [-0.25, -0.2) is 4.39 Å². The topological polar surface area (TPSA) is 37.3 Å². The highest BCUT2D eigenvalue weighted by molar-refractivity contribution is 8.18. The number of carbonyl (C=O) groups excluding carboxylic acids is 1. The minimum absolute atomic E-state index is 0.00168. The standard InChI is InChI=1S/C24H33FO2S2/c1-5-13-29-23(28-6-2)12-10-18-19-8-7-16-14-17(26)9-11-21(16,3)24(19,25)20(27)15-22(18,23)4/h5,9,11,14,18-20,27H,1,6-8,10,12-13,15H2,2-4H3/t18-,19-,20-,21-,22-,23-,24?/m0/s1. The number of alkyl halides is 1. The van der Waals surface area contributed by atoms with Crippen molar-refractivity contribution >= 4 is 29.3 Å². The van der Waals surface area contributed by atoms with Crippen molar-refractivity contribution in [3.05, 3.63) is 36.5 Å². The van der Waals surface area contributed by atoms with Crippen LogP contribution in [-0.2, 0) is 4.79 Å². The second-order valence-corrected chi connectivity index (χ2v) is 12.7. The molecule has 0 aromatic rings. The van der Waals surface area contributed by atoms with E-state index in [-0.39, 0.29) is 27.1 Å². The van der Waals surface area contributed by atoms with Gasteiger partial charge in [0.05, 0.1) is 10.2 Å². The van der Waals surface area contributed by atoms with Crippen molar-refractivity contribution in [3.8, 4) is 0 Å². The number of hydrogen-bond acceptors (Lipinski definition) is 4. The average Bonchev–Trinajstić information content (AvgIpc) is 2.95. The molecular weight excluding hydrogens is 403 g/mol. The largest absolute Gasteiger partial charge is 0.390 e. The van der Waals surface area contributed by atoms with E-state index in [9.17, 15) is 9.90 Å². The molecule has 0 saturated heterocycles. The molecule has 4 aliphatic carbocycles. The minimum Gasteiger partial charge on any atom is -0.390 e. The van der Waals surface area contributed by atoms with Crippen LogP contribution in [0, 0.1) is 22.7 Å². The third-order valence-electron chi connectivity index (χ3n) is 8.50. The van der Waals surface area contributed by atoms with Crippen LogP contribution in [0.25, 0.3) is 0 Å². The Labute approximate surface area is 182 Å². The second-order valence-electron chi connectivity index (χ2n) is 9.59. The van der Waals surface area contributed by atoms with Crippen LogP contribution in [-0.4, -0.2) is 38.2 Å². The second kappa shape index (κ2) is 7.27. The van der Waals surface area contributed by atoms with Crippen LogP contribution in [0.4, 0.5) is 4.39 Å². The lowest BCUT2D eigenvalue weighted by Crippen LogP contribution is -2.67. The summed E-state index contributed by atoms with van der Waals surface area (Å²) in [7, 11) is 0. The van der Waals surface area contributed by atoms with Crippen molar-refractivity contribution in [2.24, 2.45) is 22.7 Å². The molecule has 0 spiro atoms. The van der Waals surface area contributed by atoms with Crippen molar-refractivity contribution in [2.45, 2.75) is 68.7 Å². The van der Waals surface area contributed by atoms with E-state index < -0.39 is 17.2 Å². The van der Waals surface area contributed by atoms with Gasteiger partial charge in [0, 0.05) is 17.1 Å². The number of aliphatic hydroxyl groups is 1. The SMILES string of the molecule is C=CCS[C@@]1(SCC)CC[C@H]2[C@@H]3CCC4=CC(=O)C=C[C@]4(C)C3(F)[C@@H](O)C[C@@]21C. The number of thioether (sulfide) groups is 2. The lowest BCUT2D eigenvalue weighted by Gasteiger charge is -2.63. The molecule has 4 rings (SSSR count). The fourth-order valence-electron chi connectivity index (χ4n) is 7.10. The monoisotopic (exact) mass is 436 g/mol. The summed E-state index contributed by atoms with van der Waals surface area (Å²) in [6.07, 6.45) is 9.80. The molecule has 1 unspecified atom stereocenters. The van der Waals surface area contributed by atoms with E-state index in [1.165, 1.54) is 6.08 Å². The molecule has 1 N–H and O–H groups in total. The Morgan fingerprint density at radius 3 is 2.76 bits per heavy atom. The van der Waals surface area contributed by atoms with Gasteiger partial charge >= 0.3 is 0 Å². The van der Waals surface area contributed by atoms with Gasteiger partial charge in [-0.3, -0.25) is 4.79 Å². The number of halogens is 1. The number of hydrogen-bond donors (Lipinski definition) is 1. The first-order chi connectivity index (χ1) is 13.7. The molecule has 5 heteroatoms. The summed E-state index contributed by atoms with van der Waals surface area (Å²) in [5.74, 6) is 1.90. The molecule has 7 atom stereocenters. The van der Waals surface area contributed by atoms with Crippen molar-refractivity contribution in [1.29, 1.82) is 0 Å². The van der Waals surface area contributed by atoms with Crippen LogP contribution in [0.1, 0.15) is 52.9 Å². The number of aliphatic hydroxyl groups excluding tert-OH is 1. The maximum Gasteiger partial charge on any atom is 0.178 e. The molecule has 0 aromatic carbocycles. The summed E-state index contributed by atoms with van der Waals surface area (Å²) < 4.78 is 17.1. The van der Waals surface area contributed by atoms with E-state index in [4.69, 9.17) is 0 Å². The third kappa shape index (κ3) is 2.75. The van der Waals surface area contributed by atoms with Crippen LogP contribution >= 0.6 is 23.5 Å². The lowest BCUT2D eigenvalue weighted by atomic mass is 9.46.